The van der Waals surface area contributed by atoms with Crippen molar-refractivity contribution in [3.63, 3.8) is 0 Å². The van der Waals surface area contributed by atoms with Gasteiger partial charge >= 0.3 is 6.09 Å². The van der Waals surface area contributed by atoms with Gasteiger partial charge in [-0.3, -0.25) is 0 Å². The maximum Gasteiger partial charge on any atom is 0.407 e. The highest BCUT2D eigenvalue weighted by Gasteiger charge is 2.26. The first-order valence-electron chi connectivity index (χ1n) is 9.54. The summed E-state index contributed by atoms with van der Waals surface area (Å²) in [5.74, 6) is 1.77. The van der Waals surface area contributed by atoms with Crippen LogP contribution < -0.4 is 10.6 Å². The number of carbonyl (C=O) groups excluding carboxylic acids is 1. The minimum atomic E-state index is -0.422. The molecule has 0 aromatic heterocycles. The zero-order chi connectivity index (χ0) is 16.9. The van der Waals surface area contributed by atoms with E-state index < -0.39 is 5.60 Å². The van der Waals surface area contributed by atoms with Gasteiger partial charge in [-0.1, -0.05) is 19.8 Å². The van der Waals surface area contributed by atoms with Crippen LogP contribution in [0.15, 0.2) is 0 Å². The van der Waals surface area contributed by atoms with E-state index in [1.54, 1.807) is 0 Å². The minimum Gasteiger partial charge on any atom is -0.444 e. The molecule has 0 aromatic carbocycles. The molecule has 2 aliphatic carbocycles. The van der Waals surface area contributed by atoms with Crippen molar-refractivity contribution in [3.8, 4) is 0 Å². The van der Waals surface area contributed by atoms with Crippen molar-refractivity contribution in [2.75, 3.05) is 6.54 Å². The maximum absolute atomic E-state index is 11.9. The van der Waals surface area contributed by atoms with Gasteiger partial charge in [0.25, 0.3) is 0 Å². The van der Waals surface area contributed by atoms with Crippen LogP contribution in [0, 0.1) is 11.8 Å². The molecule has 4 nitrogen and oxygen atoms in total. The number of amides is 1. The second-order valence-electron chi connectivity index (χ2n) is 8.74. The van der Waals surface area contributed by atoms with E-state index in [0.717, 1.165) is 31.2 Å². The highest BCUT2D eigenvalue weighted by molar-refractivity contribution is 5.68. The molecule has 1 amide bonds. The molecule has 2 rings (SSSR count). The number of nitrogens with one attached hydrogen (secondary N) is 2. The van der Waals surface area contributed by atoms with Crippen molar-refractivity contribution in [2.24, 2.45) is 11.8 Å². The molecule has 0 saturated heterocycles. The molecule has 0 spiro atoms. The Labute approximate surface area is 142 Å². The largest absolute Gasteiger partial charge is 0.444 e. The highest BCUT2D eigenvalue weighted by Crippen LogP contribution is 2.28. The fraction of sp³-hybridized carbons (Fsp3) is 0.947. The second-order valence-corrected chi connectivity index (χ2v) is 8.74. The monoisotopic (exact) mass is 324 g/mol. The SMILES string of the molecule is CC1CCC(CNC2CCCC(NC(=O)OC(C)(C)C)C2)CC1. The van der Waals surface area contributed by atoms with Crippen molar-refractivity contribution in [1.82, 2.24) is 10.6 Å². The fourth-order valence-electron chi connectivity index (χ4n) is 3.85. The molecule has 2 fully saturated rings. The molecule has 0 bridgehead atoms. The highest BCUT2D eigenvalue weighted by atomic mass is 16.6. The van der Waals surface area contributed by atoms with E-state index in [1.165, 1.54) is 38.5 Å². The number of ether oxygens (including phenoxy) is 1. The molecular formula is C19H36N2O2. The molecule has 2 unspecified atom stereocenters. The molecule has 4 heteroatoms. The third-order valence-electron chi connectivity index (χ3n) is 5.23. The summed E-state index contributed by atoms with van der Waals surface area (Å²) in [6.07, 6.45) is 9.76. The first kappa shape index (κ1) is 18.6. The Kier molecular flexibility index (Phi) is 6.75. The van der Waals surface area contributed by atoms with E-state index in [0.29, 0.717) is 6.04 Å². The predicted molar refractivity (Wildman–Crippen MR) is 94.5 cm³/mol. The number of hydrogen-bond donors (Lipinski definition) is 2. The Morgan fingerprint density at radius 3 is 2.35 bits per heavy atom. The summed E-state index contributed by atoms with van der Waals surface area (Å²) < 4.78 is 5.37. The topological polar surface area (TPSA) is 50.4 Å². The van der Waals surface area contributed by atoms with Crippen LogP contribution in [0.5, 0.6) is 0 Å². The Morgan fingerprint density at radius 2 is 1.70 bits per heavy atom. The molecule has 23 heavy (non-hydrogen) atoms. The molecule has 0 aliphatic heterocycles. The van der Waals surface area contributed by atoms with E-state index in [2.05, 4.69) is 17.6 Å². The molecule has 2 N–H and O–H groups in total. The number of alkyl carbamates (subject to hydrolysis) is 1. The van der Waals surface area contributed by atoms with Gasteiger partial charge in [-0.15, -0.1) is 0 Å². The summed E-state index contributed by atoms with van der Waals surface area (Å²) in [5.41, 5.74) is -0.422. The van der Waals surface area contributed by atoms with Crippen molar-refractivity contribution in [3.05, 3.63) is 0 Å². The summed E-state index contributed by atoms with van der Waals surface area (Å²) in [6, 6.07) is 0.797. The number of rotatable bonds is 4. The summed E-state index contributed by atoms with van der Waals surface area (Å²) in [6.45, 7) is 9.24. The smallest absolute Gasteiger partial charge is 0.407 e. The maximum atomic E-state index is 11.9. The van der Waals surface area contributed by atoms with Crippen LogP contribution in [0.25, 0.3) is 0 Å². The number of hydrogen-bond acceptors (Lipinski definition) is 3. The Balaban J connectivity index is 1.68. The van der Waals surface area contributed by atoms with Crippen LogP contribution in [0.2, 0.25) is 0 Å². The normalized spacial score (nSPS) is 32.3. The van der Waals surface area contributed by atoms with Gasteiger partial charge in [-0.25, -0.2) is 4.79 Å². The van der Waals surface area contributed by atoms with Crippen LogP contribution in [0.1, 0.15) is 79.1 Å². The minimum absolute atomic E-state index is 0.252. The summed E-state index contributed by atoms with van der Waals surface area (Å²) in [5, 5.41) is 6.81. The van der Waals surface area contributed by atoms with Crippen LogP contribution >= 0.6 is 0 Å². The van der Waals surface area contributed by atoms with Crippen LogP contribution in [0.3, 0.4) is 0 Å². The average Bonchev–Trinajstić information content (AvgIpc) is 2.45. The Morgan fingerprint density at radius 1 is 1.04 bits per heavy atom. The van der Waals surface area contributed by atoms with Gasteiger partial charge in [0.1, 0.15) is 5.60 Å². The van der Waals surface area contributed by atoms with E-state index >= 15 is 0 Å². The quantitative estimate of drug-likeness (QED) is 0.813. The zero-order valence-electron chi connectivity index (χ0n) is 15.5. The lowest BCUT2D eigenvalue weighted by Gasteiger charge is -2.33. The van der Waals surface area contributed by atoms with E-state index in [4.69, 9.17) is 4.74 Å². The Bertz CT molecular complexity index is 370. The molecule has 2 saturated carbocycles. The molecule has 0 radical (unpaired) electrons. The third-order valence-corrected chi connectivity index (χ3v) is 5.23. The molecule has 2 aliphatic rings. The van der Waals surface area contributed by atoms with Gasteiger partial charge in [0.2, 0.25) is 0 Å². The van der Waals surface area contributed by atoms with E-state index in [-0.39, 0.29) is 12.1 Å². The number of carbonyl (C=O) groups is 1. The van der Waals surface area contributed by atoms with Gasteiger partial charge in [0.15, 0.2) is 0 Å². The first-order valence-corrected chi connectivity index (χ1v) is 9.54. The lowest BCUT2D eigenvalue weighted by atomic mass is 9.82. The van der Waals surface area contributed by atoms with Crippen molar-refractivity contribution in [2.45, 2.75) is 96.7 Å². The van der Waals surface area contributed by atoms with Crippen LogP contribution in [0.4, 0.5) is 4.79 Å². The Hall–Kier alpha value is -0.770. The van der Waals surface area contributed by atoms with E-state index in [9.17, 15) is 4.79 Å². The van der Waals surface area contributed by atoms with Gasteiger partial charge in [-0.05, 0) is 77.7 Å². The molecular weight excluding hydrogens is 288 g/mol. The zero-order valence-corrected chi connectivity index (χ0v) is 15.5. The third kappa shape index (κ3) is 7.11. The molecule has 0 aromatic rings. The van der Waals surface area contributed by atoms with Crippen molar-refractivity contribution in [1.29, 1.82) is 0 Å². The summed E-state index contributed by atoms with van der Waals surface area (Å²) >= 11 is 0. The van der Waals surface area contributed by atoms with Crippen molar-refractivity contribution >= 4 is 6.09 Å². The van der Waals surface area contributed by atoms with Gasteiger partial charge in [0, 0.05) is 12.1 Å². The van der Waals surface area contributed by atoms with Crippen molar-refractivity contribution < 1.29 is 9.53 Å². The molecule has 0 heterocycles. The summed E-state index contributed by atoms with van der Waals surface area (Å²) in [7, 11) is 0. The van der Waals surface area contributed by atoms with Gasteiger partial charge in [0.05, 0.1) is 0 Å². The van der Waals surface area contributed by atoms with Gasteiger partial charge < -0.3 is 15.4 Å². The molecule has 2 atom stereocenters. The van der Waals surface area contributed by atoms with Crippen LogP contribution in [-0.4, -0.2) is 30.3 Å². The van der Waals surface area contributed by atoms with E-state index in [1.807, 2.05) is 20.8 Å². The lowest BCUT2D eigenvalue weighted by Crippen LogP contribution is -2.46. The fourth-order valence-corrected chi connectivity index (χ4v) is 3.85. The second kappa shape index (κ2) is 8.36. The standard InChI is InChI=1S/C19H36N2O2/c1-14-8-10-15(11-9-14)13-20-16-6-5-7-17(12-16)21-18(22)23-19(2,3)4/h14-17,20H,5-13H2,1-4H3,(H,21,22). The first-order chi connectivity index (χ1) is 10.8. The lowest BCUT2D eigenvalue weighted by molar-refractivity contribution is 0.0488. The van der Waals surface area contributed by atoms with Gasteiger partial charge in [-0.2, -0.15) is 0 Å². The summed E-state index contributed by atoms with van der Waals surface area (Å²) in [4.78, 5) is 11.9. The van der Waals surface area contributed by atoms with Crippen LogP contribution in [-0.2, 0) is 4.74 Å². The predicted octanol–water partition coefficient (Wildman–Crippen LogP) is 4.24. The average molecular weight is 325 g/mol. The molecule has 134 valence electrons.